The number of anilines is 2. The highest BCUT2D eigenvalue weighted by Crippen LogP contribution is 2.27. The standard InChI is InChI=1S/C13H22N4O/c1-4-18-10-5-9(6-10)15-12-7-11(14)16-13(17-12)8(2)3/h7-10H,4-6H2,1-3H3,(H3,14,15,16,17). The molecule has 0 bridgehead atoms. The van der Waals surface area contributed by atoms with Crippen LogP contribution in [0.5, 0.6) is 0 Å². The van der Waals surface area contributed by atoms with E-state index in [1.165, 1.54) is 0 Å². The summed E-state index contributed by atoms with van der Waals surface area (Å²) in [6, 6.07) is 2.23. The van der Waals surface area contributed by atoms with Gasteiger partial charge in [0, 0.05) is 24.6 Å². The predicted molar refractivity (Wildman–Crippen MR) is 72.6 cm³/mol. The highest BCUT2D eigenvalue weighted by atomic mass is 16.5. The van der Waals surface area contributed by atoms with E-state index in [1.807, 2.05) is 6.92 Å². The van der Waals surface area contributed by atoms with Crippen LogP contribution in [0.15, 0.2) is 6.07 Å². The summed E-state index contributed by atoms with van der Waals surface area (Å²) in [7, 11) is 0. The summed E-state index contributed by atoms with van der Waals surface area (Å²) in [5.41, 5.74) is 5.79. The van der Waals surface area contributed by atoms with Crippen molar-refractivity contribution in [2.45, 2.75) is 51.7 Å². The van der Waals surface area contributed by atoms with Gasteiger partial charge in [-0.2, -0.15) is 0 Å². The van der Waals surface area contributed by atoms with Crippen molar-refractivity contribution in [2.75, 3.05) is 17.7 Å². The second-order valence-electron chi connectivity index (χ2n) is 5.08. The number of nitrogens with zero attached hydrogens (tertiary/aromatic N) is 2. The molecule has 1 aromatic rings. The first-order valence-corrected chi connectivity index (χ1v) is 6.61. The Hall–Kier alpha value is -1.36. The largest absolute Gasteiger partial charge is 0.384 e. The molecule has 1 heterocycles. The average molecular weight is 250 g/mol. The van der Waals surface area contributed by atoms with Gasteiger partial charge in [-0.05, 0) is 19.8 Å². The smallest absolute Gasteiger partial charge is 0.135 e. The molecule has 2 rings (SSSR count). The summed E-state index contributed by atoms with van der Waals surface area (Å²) in [5, 5.41) is 3.39. The molecule has 1 aromatic heterocycles. The van der Waals surface area contributed by atoms with Gasteiger partial charge in [0.1, 0.15) is 17.5 Å². The van der Waals surface area contributed by atoms with Crippen LogP contribution in [-0.2, 0) is 4.74 Å². The molecular weight excluding hydrogens is 228 g/mol. The molecule has 0 amide bonds. The zero-order valence-corrected chi connectivity index (χ0v) is 11.3. The Balaban J connectivity index is 1.94. The van der Waals surface area contributed by atoms with Gasteiger partial charge < -0.3 is 15.8 Å². The summed E-state index contributed by atoms with van der Waals surface area (Å²) < 4.78 is 5.53. The van der Waals surface area contributed by atoms with Crippen LogP contribution in [0.3, 0.4) is 0 Å². The highest BCUT2D eigenvalue weighted by Gasteiger charge is 2.29. The van der Waals surface area contributed by atoms with Crippen LogP contribution in [0.2, 0.25) is 0 Å². The molecule has 0 saturated heterocycles. The molecule has 3 N–H and O–H groups in total. The molecule has 1 saturated carbocycles. The van der Waals surface area contributed by atoms with Crippen LogP contribution in [0.4, 0.5) is 11.6 Å². The Kier molecular flexibility index (Phi) is 4.01. The van der Waals surface area contributed by atoms with E-state index >= 15 is 0 Å². The maximum absolute atomic E-state index is 5.79. The Morgan fingerprint density at radius 1 is 1.44 bits per heavy atom. The first-order valence-electron chi connectivity index (χ1n) is 6.61. The lowest BCUT2D eigenvalue weighted by molar-refractivity contribution is 0.00292. The fraction of sp³-hybridized carbons (Fsp3) is 0.692. The van der Waals surface area contributed by atoms with Crippen molar-refractivity contribution in [3.63, 3.8) is 0 Å². The zero-order chi connectivity index (χ0) is 13.1. The zero-order valence-electron chi connectivity index (χ0n) is 11.3. The molecule has 1 aliphatic carbocycles. The predicted octanol–water partition coefficient (Wildman–Crippen LogP) is 2.16. The molecular formula is C13H22N4O. The van der Waals surface area contributed by atoms with Gasteiger partial charge in [-0.25, -0.2) is 9.97 Å². The minimum Gasteiger partial charge on any atom is -0.384 e. The lowest BCUT2D eigenvalue weighted by Gasteiger charge is -2.35. The molecule has 1 aliphatic rings. The first kappa shape index (κ1) is 13.1. The maximum atomic E-state index is 5.79. The van der Waals surface area contributed by atoms with Gasteiger partial charge in [0.15, 0.2) is 0 Å². The van der Waals surface area contributed by atoms with Crippen LogP contribution in [0.1, 0.15) is 45.4 Å². The minimum absolute atomic E-state index is 0.284. The summed E-state index contributed by atoms with van der Waals surface area (Å²) in [5.74, 6) is 2.42. The number of nitrogens with one attached hydrogen (secondary N) is 1. The SMILES string of the molecule is CCOC1CC(Nc2cc(N)nc(C(C)C)n2)C1. The van der Waals surface area contributed by atoms with E-state index in [-0.39, 0.29) is 5.92 Å². The van der Waals surface area contributed by atoms with Gasteiger partial charge in [0.25, 0.3) is 0 Å². The molecule has 100 valence electrons. The third-order valence-electron chi connectivity index (χ3n) is 3.13. The fourth-order valence-corrected chi connectivity index (χ4v) is 2.08. The van der Waals surface area contributed by atoms with E-state index in [4.69, 9.17) is 10.5 Å². The molecule has 5 heteroatoms. The van der Waals surface area contributed by atoms with E-state index in [0.29, 0.717) is 18.0 Å². The highest BCUT2D eigenvalue weighted by molar-refractivity contribution is 5.46. The lowest BCUT2D eigenvalue weighted by Crippen LogP contribution is -2.41. The van der Waals surface area contributed by atoms with E-state index < -0.39 is 0 Å². The molecule has 0 radical (unpaired) electrons. The van der Waals surface area contributed by atoms with Gasteiger partial charge in [-0.3, -0.25) is 0 Å². The Morgan fingerprint density at radius 2 is 2.17 bits per heavy atom. The number of rotatable bonds is 5. The van der Waals surface area contributed by atoms with Crippen LogP contribution in [0, 0.1) is 0 Å². The van der Waals surface area contributed by atoms with Gasteiger partial charge in [-0.15, -0.1) is 0 Å². The number of hydrogen-bond donors (Lipinski definition) is 2. The summed E-state index contributed by atoms with van der Waals surface area (Å²) >= 11 is 0. The molecule has 0 atom stereocenters. The second kappa shape index (κ2) is 5.52. The third-order valence-corrected chi connectivity index (χ3v) is 3.13. The number of nitrogen functional groups attached to an aromatic ring is 1. The van der Waals surface area contributed by atoms with Crippen LogP contribution in [0.25, 0.3) is 0 Å². The van der Waals surface area contributed by atoms with Crippen molar-refractivity contribution in [1.29, 1.82) is 0 Å². The number of hydrogen-bond acceptors (Lipinski definition) is 5. The summed E-state index contributed by atoms with van der Waals surface area (Å²) in [6.45, 7) is 6.94. The van der Waals surface area contributed by atoms with E-state index in [2.05, 4.69) is 29.1 Å². The molecule has 0 spiro atoms. The van der Waals surface area contributed by atoms with Crippen LogP contribution < -0.4 is 11.1 Å². The number of nitrogens with two attached hydrogens (primary N) is 1. The Bertz CT molecular complexity index is 402. The van der Waals surface area contributed by atoms with Crippen molar-refractivity contribution in [3.05, 3.63) is 11.9 Å². The van der Waals surface area contributed by atoms with E-state index in [1.54, 1.807) is 6.07 Å². The maximum Gasteiger partial charge on any atom is 0.135 e. The van der Waals surface area contributed by atoms with Crippen molar-refractivity contribution in [3.8, 4) is 0 Å². The Labute approximate surface area is 108 Å². The lowest BCUT2D eigenvalue weighted by atomic mass is 9.89. The molecule has 18 heavy (non-hydrogen) atoms. The number of aromatic nitrogens is 2. The number of ether oxygens (including phenoxy) is 1. The summed E-state index contributed by atoms with van der Waals surface area (Å²) in [6.07, 6.45) is 2.47. The second-order valence-corrected chi connectivity index (χ2v) is 5.08. The van der Waals surface area contributed by atoms with Crippen molar-refractivity contribution in [1.82, 2.24) is 9.97 Å². The fourth-order valence-electron chi connectivity index (χ4n) is 2.08. The summed E-state index contributed by atoms with van der Waals surface area (Å²) in [4.78, 5) is 8.71. The van der Waals surface area contributed by atoms with Crippen LogP contribution in [-0.4, -0.2) is 28.7 Å². The van der Waals surface area contributed by atoms with Crippen molar-refractivity contribution < 1.29 is 4.74 Å². The van der Waals surface area contributed by atoms with E-state index in [9.17, 15) is 0 Å². The van der Waals surface area contributed by atoms with Gasteiger partial charge in [0.05, 0.1) is 6.10 Å². The molecule has 0 unspecified atom stereocenters. The van der Waals surface area contributed by atoms with Gasteiger partial charge in [-0.1, -0.05) is 13.8 Å². The average Bonchev–Trinajstić information content (AvgIpc) is 2.25. The van der Waals surface area contributed by atoms with Crippen LogP contribution >= 0.6 is 0 Å². The quantitative estimate of drug-likeness (QED) is 0.837. The Morgan fingerprint density at radius 3 is 2.78 bits per heavy atom. The van der Waals surface area contributed by atoms with Gasteiger partial charge in [0.2, 0.25) is 0 Å². The molecule has 0 aliphatic heterocycles. The third kappa shape index (κ3) is 3.10. The molecule has 1 fully saturated rings. The topological polar surface area (TPSA) is 73.1 Å². The minimum atomic E-state index is 0.284. The monoisotopic (exact) mass is 250 g/mol. The van der Waals surface area contributed by atoms with Crippen molar-refractivity contribution >= 4 is 11.6 Å². The normalized spacial score (nSPS) is 22.9. The molecule has 5 nitrogen and oxygen atoms in total. The van der Waals surface area contributed by atoms with Crippen molar-refractivity contribution in [2.24, 2.45) is 0 Å². The first-order chi connectivity index (χ1) is 8.58. The molecule has 0 aromatic carbocycles. The van der Waals surface area contributed by atoms with Gasteiger partial charge >= 0.3 is 0 Å². The van der Waals surface area contributed by atoms with E-state index in [0.717, 1.165) is 31.1 Å².